The lowest BCUT2D eigenvalue weighted by atomic mass is 10.1. The van der Waals surface area contributed by atoms with Crippen molar-refractivity contribution in [2.75, 3.05) is 19.7 Å². The van der Waals surface area contributed by atoms with Gasteiger partial charge in [-0.25, -0.2) is 0 Å². The number of H-pyrrole nitrogens is 1. The van der Waals surface area contributed by atoms with E-state index in [0.29, 0.717) is 13.1 Å². The number of hydrogen-bond donors (Lipinski definition) is 4. The highest BCUT2D eigenvalue weighted by molar-refractivity contribution is 5.82. The second-order valence-corrected chi connectivity index (χ2v) is 3.61. The highest BCUT2D eigenvalue weighted by Crippen LogP contribution is 2.22. The van der Waals surface area contributed by atoms with Crippen LogP contribution in [-0.4, -0.2) is 39.9 Å². The Labute approximate surface area is 93.1 Å². The molecular weight excluding hydrogens is 206 g/mol. The topological polar surface area (TPSA) is 81.2 Å². The summed E-state index contributed by atoms with van der Waals surface area (Å²) >= 11 is 0. The first-order valence-electron chi connectivity index (χ1n) is 5.23. The number of aliphatic hydroxyl groups is 2. The van der Waals surface area contributed by atoms with E-state index in [1.165, 1.54) is 0 Å². The van der Waals surface area contributed by atoms with Crippen LogP contribution in [-0.2, 0) is 0 Å². The maximum atomic E-state index is 9.94. The average Bonchev–Trinajstić information content (AvgIpc) is 2.73. The fourth-order valence-corrected chi connectivity index (χ4v) is 1.69. The Balaban J connectivity index is 2.13. The number of aromatic nitrogens is 2. The summed E-state index contributed by atoms with van der Waals surface area (Å²) in [6.07, 6.45) is 4.64. The van der Waals surface area contributed by atoms with Crippen molar-refractivity contribution in [3.63, 3.8) is 0 Å². The van der Waals surface area contributed by atoms with Crippen LogP contribution in [0.15, 0.2) is 24.7 Å². The molecule has 0 amide bonds. The first kappa shape index (κ1) is 11.1. The van der Waals surface area contributed by atoms with Gasteiger partial charge in [-0.2, -0.15) is 0 Å². The molecule has 0 spiro atoms. The standard InChI is InChI=1S/C11H15N3O2/c15-4-3-13-7-11(16)9-6-14-10-1-2-12-5-8(9)10/h1-2,5-6,11,13-16H,3-4,7H2. The molecule has 0 aliphatic rings. The largest absolute Gasteiger partial charge is 0.395 e. The van der Waals surface area contributed by atoms with Gasteiger partial charge in [-0.15, -0.1) is 0 Å². The minimum Gasteiger partial charge on any atom is -0.395 e. The van der Waals surface area contributed by atoms with Crippen molar-refractivity contribution < 1.29 is 10.2 Å². The van der Waals surface area contributed by atoms with Crippen LogP contribution in [0, 0.1) is 0 Å². The summed E-state index contributed by atoms with van der Waals surface area (Å²) in [6.45, 7) is 0.974. The molecule has 2 aromatic heterocycles. The number of aromatic amines is 1. The number of rotatable bonds is 5. The van der Waals surface area contributed by atoms with E-state index < -0.39 is 6.10 Å². The van der Waals surface area contributed by atoms with Crippen LogP contribution in [0.1, 0.15) is 11.7 Å². The molecule has 1 unspecified atom stereocenters. The van der Waals surface area contributed by atoms with E-state index in [0.717, 1.165) is 16.5 Å². The molecule has 5 heteroatoms. The molecule has 2 rings (SSSR count). The van der Waals surface area contributed by atoms with Crippen molar-refractivity contribution in [2.24, 2.45) is 0 Å². The van der Waals surface area contributed by atoms with E-state index in [1.54, 1.807) is 18.6 Å². The van der Waals surface area contributed by atoms with E-state index in [9.17, 15) is 5.11 Å². The summed E-state index contributed by atoms with van der Waals surface area (Å²) in [6, 6.07) is 1.87. The van der Waals surface area contributed by atoms with Gasteiger partial charge < -0.3 is 20.5 Å². The molecule has 4 N–H and O–H groups in total. The summed E-state index contributed by atoms with van der Waals surface area (Å²) in [7, 11) is 0. The second-order valence-electron chi connectivity index (χ2n) is 3.61. The van der Waals surface area contributed by atoms with Crippen LogP contribution >= 0.6 is 0 Å². The van der Waals surface area contributed by atoms with Crippen LogP contribution in [0.5, 0.6) is 0 Å². The highest BCUT2D eigenvalue weighted by Gasteiger charge is 2.12. The lowest BCUT2D eigenvalue weighted by Gasteiger charge is -2.10. The summed E-state index contributed by atoms with van der Waals surface area (Å²) in [4.78, 5) is 7.12. The molecule has 0 aromatic carbocycles. The molecule has 86 valence electrons. The fraction of sp³-hybridized carbons (Fsp3) is 0.364. The number of hydrogen-bond acceptors (Lipinski definition) is 4. The minimum atomic E-state index is -0.593. The molecule has 1 atom stereocenters. The van der Waals surface area contributed by atoms with E-state index in [1.807, 2.05) is 6.07 Å². The zero-order chi connectivity index (χ0) is 11.4. The number of nitrogens with zero attached hydrogens (tertiary/aromatic N) is 1. The van der Waals surface area contributed by atoms with Crippen LogP contribution in [0.4, 0.5) is 0 Å². The van der Waals surface area contributed by atoms with E-state index in [2.05, 4.69) is 15.3 Å². The molecule has 0 fully saturated rings. The average molecular weight is 221 g/mol. The Hall–Kier alpha value is -1.43. The lowest BCUT2D eigenvalue weighted by molar-refractivity contribution is 0.172. The Morgan fingerprint density at radius 1 is 1.50 bits per heavy atom. The molecule has 2 heterocycles. The molecular formula is C11H15N3O2. The number of aliphatic hydroxyl groups excluding tert-OH is 2. The van der Waals surface area contributed by atoms with Gasteiger partial charge in [-0.3, -0.25) is 4.98 Å². The van der Waals surface area contributed by atoms with Gasteiger partial charge >= 0.3 is 0 Å². The van der Waals surface area contributed by atoms with Gasteiger partial charge in [0.05, 0.1) is 12.7 Å². The van der Waals surface area contributed by atoms with Gasteiger partial charge in [0.25, 0.3) is 0 Å². The van der Waals surface area contributed by atoms with Crippen LogP contribution in [0.3, 0.4) is 0 Å². The molecule has 0 saturated heterocycles. The zero-order valence-corrected chi connectivity index (χ0v) is 8.85. The van der Waals surface area contributed by atoms with Crippen LogP contribution in [0.2, 0.25) is 0 Å². The Morgan fingerprint density at radius 3 is 3.19 bits per heavy atom. The van der Waals surface area contributed by atoms with Crippen molar-refractivity contribution in [1.29, 1.82) is 0 Å². The third-order valence-corrected chi connectivity index (χ3v) is 2.50. The second kappa shape index (κ2) is 5.07. The van der Waals surface area contributed by atoms with Crippen molar-refractivity contribution in [2.45, 2.75) is 6.10 Å². The molecule has 5 nitrogen and oxygen atoms in total. The number of fused-ring (bicyclic) bond motifs is 1. The maximum Gasteiger partial charge on any atom is 0.0935 e. The predicted octanol–water partition coefficient (Wildman–Crippen LogP) is 0.178. The predicted molar refractivity (Wildman–Crippen MR) is 61.0 cm³/mol. The van der Waals surface area contributed by atoms with Gasteiger partial charge in [0, 0.05) is 48.1 Å². The van der Waals surface area contributed by atoms with Gasteiger partial charge in [-0.1, -0.05) is 0 Å². The minimum absolute atomic E-state index is 0.0716. The number of nitrogens with one attached hydrogen (secondary N) is 2. The van der Waals surface area contributed by atoms with Crippen LogP contribution in [0.25, 0.3) is 10.9 Å². The summed E-state index contributed by atoms with van der Waals surface area (Å²) in [5.41, 5.74) is 1.79. The highest BCUT2D eigenvalue weighted by atomic mass is 16.3. The third kappa shape index (κ3) is 2.21. The summed E-state index contributed by atoms with van der Waals surface area (Å²) < 4.78 is 0. The van der Waals surface area contributed by atoms with Crippen LogP contribution < -0.4 is 5.32 Å². The van der Waals surface area contributed by atoms with Crippen molar-refractivity contribution in [3.8, 4) is 0 Å². The van der Waals surface area contributed by atoms with E-state index >= 15 is 0 Å². The molecule has 0 bridgehead atoms. The number of pyridine rings is 1. The zero-order valence-electron chi connectivity index (χ0n) is 8.85. The first-order valence-corrected chi connectivity index (χ1v) is 5.23. The van der Waals surface area contributed by atoms with Crippen molar-refractivity contribution >= 4 is 10.9 Å². The third-order valence-electron chi connectivity index (χ3n) is 2.50. The van der Waals surface area contributed by atoms with Crippen molar-refractivity contribution in [1.82, 2.24) is 15.3 Å². The van der Waals surface area contributed by atoms with E-state index in [4.69, 9.17) is 5.11 Å². The Bertz CT molecular complexity index is 455. The smallest absolute Gasteiger partial charge is 0.0935 e. The summed E-state index contributed by atoms with van der Waals surface area (Å²) in [5, 5.41) is 22.4. The maximum absolute atomic E-state index is 9.94. The molecule has 0 aliphatic carbocycles. The monoisotopic (exact) mass is 221 g/mol. The summed E-state index contributed by atoms with van der Waals surface area (Å²) in [5.74, 6) is 0. The van der Waals surface area contributed by atoms with Crippen molar-refractivity contribution in [3.05, 3.63) is 30.2 Å². The Morgan fingerprint density at radius 2 is 2.38 bits per heavy atom. The molecule has 0 radical (unpaired) electrons. The molecule has 16 heavy (non-hydrogen) atoms. The van der Waals surface area contributed by atoms with Gasteiger partial charge in [0.2, 0.25) is 0 Å². The van der Waals surface area contributed by atoms with Gasteiger partial charge in [0.15, 0.2) is 0 Å². The van der Waals surface area contributed by atoms with Gasteiger partial charge in [0.1, 0.15) is 0 Å². The first-order chi connectivity index (χ1) is 7.83. The molecule has 2 aromatic rings. The Kier molecular flexibility index (Phi) is 3.51. The van der Waals surface area contributed by atoms with E-state index in [-0.39, 0.29) is 6.61 Å². The fourth-order valence-electron chi connectivity index (χ4n) is 1.69. The quantitative estimate of drug-likeness (QED) is 0.543. The SMILES string of the molecule is OCCNCC(O)c1c[nH]c2ccncc12. The molecule has 0 aliphatic heterocycles. The lowest BCUT2D eigenvalue weighted by Crippen LogP contribution is -2.24. The molecule has 0 saturated carbocycles. The van der Waals surface area contributed by atoms with Gasteiger partial charge in [-0.05, 0) is 6.07 Å². The normalized spacial score (nSPS) is 13.1.